The quantitative estimate of drug-likeness (QED) is 0.688. The van der Waals surface area contributed by atoms with Crippen molar-refractivity contribution in [2.75, 3.05) is 41.1 Å². The molecule has 1 unspecified atom stereocenters. The summed E-state index contributed by atoms with van der Waals surface area (Å²) in [5.41, 5.74) is 1.20. The van der Waals surface area contributed by atoms with Crippen LogP contribution in [-0.2, 0) is 16.0 Å². The average Bonchev–Trinajstić information content (AvgIpc) is 2.45. The van der Waals surface area contributed by atoms with Crippen molar-refractivity contribution in [3.8, 4) is 5.75 Å². The largest absolute Gasteiger partial charge is 0.497 e. The molecule has 114 valence electrons. The summed E-state index contributed by atoms with van der Waals surface area (Å²) in [4.78, 5) is 2.34. The summed E-state index contributed by atoms with van der Waals surface area (Å²) < 4.78 is 16.8. The highest BCUT2D eigenvalue weighted by atomic mass is 79.9. The normalized spacial score (nSPS) is 12.7. The van der Waals surface area contributed by atoms with Gasteiger partial charge in [-0.05, 0) is 30.7 Å². The Kier molecular flexibility index (Phi) is 8.14. The molecule has 1 rings (SSSR count). The average molecular weight is 346 g/mol. The second-order valence-corrected chi connectivity index (χ2v) is 5.58. The van der Waals surface area contributed by atoms with Crippen LogP contribution >= 0.6 is 15.9 Å². The lowest BCUT2D eigenvalue weighted by Gasteiger charge is -2.29. The molecule has 0 aliphatic heterocycles. The highest BCUT2D eigenvalue weighted by Crippen LogP contribution is 2.24. The molecule has 1 aromatic rings. The fourth-order valence-electron chi connectivity index (χ4n) is 2.03. The Morgan fingerprint density at radius 2 is 1.95 bits per heavy atom. The number of halogens is 1. The number of ether oxygens (including phenoxy) is 3. The van der Waals surface area contributed by atoms with Crippen LogP contribution in [0.5, 0.6) is 5.75 Å². The van der Waals surface area contributed by atoms with Crippen molar-refractivity contribution in [2.45, 2.75) is 19.5 Å². The summed E-state index contributed by atoms with van der Waals surface area (Å²) in [5.74, 6) is 0.870. The zero-order valence-corrected chi connectivity index (χ0v) is 14.3. The van der Waals surface area contributed by atoms with Crippen LogP contribution in [0.3, 0.4) is 0 Å². The summed E-state index contributed by atoms with van der Waals surface area (Å²) in [6.45, 7) is 5.25. The van der Waals surface area contributed by atoms with E-state index in [9.17, 15) is 0 Å². The Labute approximate surface area is 130 Å². The van der Waals surface area contributed by atoms with Gasteiger partial charge in [-0.15, -0.1) is 0 Å². The molecule has 0 amide bonds. The molecule has 0 spiro atoms. The Morgan fingerprint density at radius 3 is 2.55 bits per heavy atom. The third kappa shape index (κ3) is 5.40. The lowest BCUT2D eigenvalue weighted by atomic mass is 10.1. The van der Waals surface area contributed by atoms with Gasteiger partial charge in [-0.25, -0.2) is 0 Å². The predicted molar refractivity (Wildman–Crippen MR) is 84.3 cm³/mol. The highest BCUT2D eigenvalue weighted by molar-refractivity contribution is 9.10. The first-order valence-corrected chi connectivity index (χ1v) is 7.46. The van der Waals surface area contributed by atoms with Gasteiger partial charge < -0.3 is 14.2 Å². The van der Waals surface area contributed by atoms with Gasteiger partial charge in [-0.3, -0.25) is 4.90 Å². The van der Waals surface area contributed by atoms with E-state index in [1.165, 1.54) is 5.56 Å². The minimum Gasteiger partial charge on any atom is -0.497 e. The van der Waals surface area contributed by atoms with E-state index in [0.717, 1.165) is 23.3 Å². The van der Waals surface area contributed by atoms with Crippen molar-refractivity contribution < 1.29 is 14.2 Å². The number of nitrogens with zero attached hydrogens (tertiary/aromatic N) is 1. The van der Waals surface area contributed by atoms with Gasteiger partial charge in [-0.1, -0.05) is 15.9 Å². The topological polar surface area (TPSA) is 30.9 Å². The Bertz CT molecular complexity index is 401. The van der Waals surface area contributed by atoms with Gasteiger partial charge in [0.05, 0.1) is 20.3 Å². The van der Waals surface area contributed by atoms with Crippen LogP contribution in [-0.4, -0.2) is 52.0 Å². The van der Waals surface area contributed by atoms with Gasteiger partial charge >= 0.3 is 0 Å². The minimum absolute atomic E-state index is 0.327. The third-order valence-corrected chi connectivity index (χ3v) is 4.01. The van der Waals surface area contributed by atoms with E-state index in [-0.39, 0.29) is 0 Å². The maximum Gasteiger partial charge on any atom is 0.119 e. The summed E-state index contributed by atoms with van der Waals surface area (Å²) in [5, 5.41) is 0. The second-order valence-electron chi connectivity index (χ2n) is 4.72. The van der Waals surface area contributed by atoms with E-state index in [2.05, 4.69) is 33.8 Å². The molecule has 0 aliphatic rings. The van der Waals surface area contributed by atoms with Crippen molar-refractivity contribution in [3.63, 3.8) is 0 Å². The van der Waals surface area contributed by atoms with E-state index in [1.807, 2.05) is 12.1 Å². The van der Waals surface area contributed by atoms with Gasteiger partial charge in [0.2, 0.25) is 0 Å². The molecule has 0 heterocycles. The first-order valence-electron chi connectivity index (χ1n) is 6.66. The maximum absolute atomic E-state index is 5.29. The summed E-state index contributed by atoms with van der Waals surface area (Å²) >= 11 is 3.60. The number of hydrogen-bond donors (Lipinski definition) is 0. The molecular weight excluding hydrogens is 322 g/mol. The summed E-state index contributed by atoms with van der Waals surface area (Å²) in [7, 11) is 5.14. The van der Waals surface area contributed by atoms with Gasteiger partial charge in [0, 0.05) is 37.8 Å². The number of hydrogen-bond acceptors (Lipinski definition) is 4. The van der Waals surface area contributed by atoms with Crippen LogP contribution in [0.2, 0.25) is 0 Å². The van der Waals surface area contributed by atoms with Crippen LogP contribution in [0.4, 0.5) is 0 Å². The van der Waals surface area contributed by atoms with Crippen molar-refractivity contribution in [1.82, 2.24) is 4.90 Å². The first kappa shape index (κ1) is 17.4. The van der Waals surface area contributed by atoms with Crippen molar-refractivity contribution in [2.24, 2.45) is 0 Å². The maximum atomic E-state index is 5.29. The molecule has 0 aliphatic carbocycles. The van der Waals surface area contributed by atoms with Gasteiger partial charge in [0.1, 0.15) is 5.75 Å². The highest BCUT2D eigenvalue weighted by Gasteiger charge is 2.15. The van der Waals surface area contributed by atoms with E-state index < -0.39 is 0 Å². The van der Waals surface area contributed by atoms with Crippen LogP contribution < -0.4 is 4.74 Å². The Hall–Kier alpha value is -0.620. The zero-order valence-electron chi connectivity index (χ0n) is 12.7. The van der Waals surface area contributed by atoms with E-state index in [0.29, 0.717) is 19.3 Å². The Balaban J connectivity index is 2.81. The van der Waals surface area contributed by atoms with Crippen LogP contribution in [0.25, 0.3) is 0 Å². The molecule has 1 atom stereocenters. The van der Waals surface area contributed by atoms with Gasteiger partial charge in [-0.2, -0.15) is 0 Å². The standard InChI is InChI=1S/C15H24BrNO3/c1-12(11-19-3)17(7-8-18-2)10-13-9-14(20-4)5-6-15(13)16/h5-6,9,12H,7-8,10-11H2,1-4H3. The molecule has 0 aromatic heterocycles. The molecule has 0 fully saturated rings. The van der Waals surface area contributed by atoms with Gasteiger partial charge in [0.25, 0.3) is 0 Å². The third-order valence-electron chi connectivity index (χ3n) is 3.24. The van der Waals surface area contributed by atoms with Crippen molar-refractivity contribution in [3.05, 3.63) is 28.2 Å². The fourth-order valence-corrected chi connectivity index (χ4v) is 2.40. The SMILES string of the molecule is COCCN(Cc1cc(OC)ccc1Br)C(C)COC. The number of methoxy groups -OCH3 is 3. The Morgan fingerprint density at radius 1 is 1.20 bits per heavy atom. The van der Waals surface area contributed by atoms with E-state index >= 15 is 0 Å². The molecule has 5 heteroatoms. The lowest BCUT2D eigenvalue weighted by Crippen LogP contribution is -2.38. The van der Waals surface area contributed by atoms with Crippen LogP contribution in [0.15, 0.2) is 22.7 Å². The van der Waals surface area contributed by atoms with E-state index in [1.54, 1.807) is 21.3 Å². The molecular formula is C15H24BrNO3. The molecule has 0 saturated carbocycles. The summed E-state index contributed by atoms with van der Waals surface area (Å²) in [6.07, 6.45) is 0. The predicted octanol–water partition coefficient (Wildman–Crippen LogP) is 2.94. The number of benzene rings is 1. The van der Waals surface area contributed by atoms with Gasteiger partial charge in [0.15, 0.2) is 0 Å². The van der Waals surface area contributed by atoms with E-state index in [4.69, 9.17) is 14.2 Å². The van der Waals surface area contributed by atoms with Crippen molar-refractivity contribution in [1.29, 1.82) is 0 Å². The fraction of sp³-hybridized carbons (Fsp3) is 0.600. The molecule has 0 N–H and O–H groups in total. The molecule has 0 bridgehead atoms. The monoisotopic (exact) mass is 345 g/mol. The molecule has 0 saturated heterocycles. The summed E-state index contributed by atoms with van der Waals surface area (Å²) in [6, 6.07) is 6.35. The molecule has 4 nitrogen and oxygen atoms in total. The van der Waals surface area contributed by atoms with Crippen molar-refractivity contribution >= 4 is 15.9 Å². The van der Waals surface area contributed by atoms with Crippen LogP contribution in [0.1, 0.15) is 12.5 Å². The minimum atomic E-state index is 0.327. The smallest absolute Gasteiger partial charge is 0.119 e. The second kappa shape index (κ2) is 9.34. The number of rotatable bonds is 9. The first-order chi connectivity index (χ1) is 9.62. The zero-order chi connectivity index (χ0) is 15.0. The molecule has 1 aromatic carbocycles. The molecule has 0 radical (unpaired) electrons. The lowest BCUT2D eigenvalue weighted by molar-refractivity contribution is 0.0703. The van der Waals surface area contributed by atoms with Crippen LogP contribution in [0, 0.1) is 0 Å². The molecule has 20 heavy (non-hydrogen) atoms.